The normalized spacial score (nSPS) is 15.0. The summed E-state index contributed by atoms with van der Waals surface area (Å²) < 4.78 is 1.40. The van der Waals surface area contributed by atoms with Crippen molar-refractivity contribution in [1.82, 2.24) is 30.0 Å². The Hall–Kier alpha value is -2.48. The van der Waals surface area contributed by atoms with Gasteiger partial charge in [-0.1, -0.05) is 11.6 Å². The summed E-state index contributed by atoms with van der Waals surface area (Å²) in [7, 11) is 0. The molecule has 0 unspecified atom stereocenters. The second kappa shape index (κ2) is 6.10. The van der Waals surface area contributed by atoms with E-state index in [1.165, 1.54) is 11.0 Å². The molecule has 2 aromatic rings. The number of halogens is 1. The van der Waals surface area contributed by atoms with Crippen LogP contribution in [0.25, 0.3) is 5.69 Å². The molecule has 0 aliphatic carbocycles. The molecule has 1 aliphatic rings. The zero-order valence-corrected chi connectivity index (χ0v) is 12.3. The zero-order chi connectivity index (χ0) is 15.5. The Balaban J connectivity index is 1.88. The van der Waals surface area contributed by atoms with Crippen LogP contribution in [0, 0.1) is 0 Å². The molecule has 0 atom stereocenters. The maximum Gasteiger partial charge on any atom is 0.256 e. The van der Waals surface area contributed by atoms with Crippen molar-refractivity contribution in [2.24, 2.45) is 0 Å². The monoisotopic (exact) mass is 320 g/mol. The van der Waals surface area contributed by atoms with E-state index >= 15 is 0 Å². The highest BCUT2D eigenvalue weighted by molar-refractivity contribution is 6.31. The van der Waals surface area contributed by atoms with Gasteiger partial charge in [0.1, 0.15) is 6.33 Å². The smallest absolute Gasteiger partial charge is 0.256 e. The lowest BCUT2D eigenvalue weighted by atomic mass is 10.1. The van der Waals surface area contributed by atoms with E-state index in [0.717, 1.165) is 6.41 Å². The van der Waals surface area contributed by atoms with Gasteiger partial charge in [-0.3, -0.25) is 9.59 Å². The number of hydrogen-bond donors (Lipinski definition) is 0. The van der Waals surface area contributed by atoms with Crippen LogP contribution in [0.3, 0.4) is 0 Å². The predicted molar refractivity (Wildman–Crippen MR) is 77.7 cm³/mol. The molecule has 1 fully saturated rings. The van der Waals surface area contributed by atoms with Crippen LogP contribution in [0.5, 0.6) is 0 Å². The third-order valence-corrected chi connectivity index (χ3v) is 3.77. The third kappa shape index (κ3) is 2.77. The van der Waals surface area contributed by atoms with Crippen LogP contribution in [0.15, 0.2) is 24.5 Å². The van der Waals surface area contributed by atoms with E-state index in [-0.39, 0.29) is 5.91 Å². The van der Waals surface area contributed by atoms with Crippen molar-refractivity contribution < 1.29 is 9.59 Å². The molecule has 0 N–H and O–H groups in total. The van der Waals surface area contributed by atoms with E-state index in [1.54, 1.807) is 28.0 Å². The minimum Gasteiger partial charge on any atom is -0.342 e. The lowest BCUT2D eigenvalue weighted by Gasteiger charge is -2.32. The molecule has 0 saturated carbocycles. The number of nitrogens with zero attached hydrogens (tertiary/aromatic N) is 6. The lowest BCUT2D eigenvalue weighted by Crippen LogP contribution is -2.48. The highest BCUT2D eigenvalue weighted by Gasteiger charge is 2.24. The molecule has 2 amide bonds. The van der Waals surface area contributed by atoms with Crippen LogP contribution >= 0.6 is 11.6 Å². The van der Waals surface area contributed by atoms with Gasteiger partial charge >= 0.3 is 0 Å². The summed E-state index contributed by atoms with van der Waals surface area (Å²) >= 11 is 6.01. The first-order valence-electron chi connectivity index (χ1n) is 6.70. The first-order valence-corrected chi connectivity index (χ1v) is 7.08. The van der Waals surface area contributed by atoms with E-state index in [9.17, 15) is 9.59 Å². The van der Waals surface area contributed by atoms with E-state index in [4.69, 9.17) is 11.6 Å². The van der Waals surface area contributed by atoms with Gasteiger partial charge in [0, 0.05) is 31.2 Å². The Labute approximate surface area is 131 Å². The Kier molecular flexibility index (Phi) is 4.01. The summed E-state index contributed by atoms with van der Waals surface area (Å²) in [6.07, 6.45) is 2.21. The Morgan fingerprint density at radius 2 is 2.00 bits per heavy atom. The number of aromatic nitrogens is 4. The van der Waals surface area contributed by atoms with Crippen LogP contribution in [0.1, 0.15) is 10.4 Å². The number of piperazine rings is 1. The summed E-state index contributed by atoms with van der Waals surface area (Å²) in [6.45, 7) is 2.05. The number of carbonyl (C=O) groups excluding carboxylic acids is 2. The largest absolute Gasteiger partial charge is 0.342 e. The predicted octanol–water partition coefficient (Wildman–Crippen LogP) is 0.230. The molecule has 9 heteroatoms. The average Bonchev–Trinajstić information content (AvgIpc) is 3.08. The van der Waals surface area contributed by atoms with Gasteiger partial charge < -0.3 is 9.80 Å². The van der Waals surface area contributed by atoms with Crippen LogP contribution in [-0.2, 0) is 4.79 Å². The van der Waals surface area contributed by atoms with Gasteiger partial charge in [0.2, 0.25) is 6.41 Å². The highest BCUT2D eigenvalue weighted by atomic mass is 35.5. The molecule has 2 heterocycles. The topological polar surface area (TPSA) is 84.2 Å². The molecule has 8 nitrogen and oxygen atoms in total. The van der Waals surface area contributed by atoms with Crippen molar-refractivity contribution in [1.29, 1.82) is 0 Å². The summed E-state index contributed by atoms with van der Waals surface area (Å²) in [5, 5.41) is 11.5. The Morgan fingerprint density at radius 3 is 2.64 bits per heavy atom. The third-order valence-electron chi connectivity index (χ3n) is 3.54. The molecule has 1 aromatic heterocycles. The molecule has 0 spiro atoms. The molecule has 0 bridgehead atoms. The van der Waals surface area contributed by atoms with Crippen molar-refractivity contribution in [3.05, 3.63) is 35.1 Å². The molecule has 0 radical (unpaired) electrons. The lowest BCUT2D eigenvalue weighted by molar-refractivity contribution is -0.119. The first kappa shape index (κ1) is 14.5. The van der Waals surface area contributed by atoms with Gasteiger partial charge in [0.05, 0.1) is 11.3 Å². The maximum absolute atomic E-state index is 12.7. The van der Waals surface area contributed by atoms with E-state index in [0.29, 0.717) is 42.5 Å². The molecule has 22 heavy (non-hydrogen) atoms. The summed E-state index contributed by atoms with van der Waals surface area (Å²) in [6, 6.07) is 4.96. The number of hydrogen-bond acceptors (Lipinski definition) is 5. The van der Waals surface area contributed by atoms with Gasteiger partial charge in [-0.05, 0) is 28.6 Å². The van der Waals surface area contributed by atoms with Crippen molar-refractivity contribution in [3.8, 4) is 5.69 Å². The molecule has 114 valence electrons. The van der Waals surface area contributed by atoms with Crippen molar-refractivity contribution >= 4 is 23.9 Å². The zero-order valence-electron chi connectivity index (χ0n) is 11.6. The van der Waals surface area contributed by atoms with E-state index in [1.807, 2.05) is 0 Å². The second-order valence-electron chi connectivity index (χ2n) is 4.85. The van der Waals surface area contributed by atoms with Gasteiger partial charge in [-0.2, -0.15) is 4.68 Å². The molecule has 1 saturated heterocycles. The van der Waals surface area contributed by atoms with Crippen molar-refractivity contribution in [3.63, 3.8) is 0 Å². The minimum absolute atomic E-state index is 0.132. The van der Waals surface area contributed by atoms with Crippen LogP contribution in [-0.4, -0.2) is 68.5 Å². The molecular formula is C13H13ClN6O2. The van der Waals surface area contributed by atoms with Gasteiger partial charge in [0.15, 0.2) is 0 Å². The molecule has 3 rings (SSSR count). The fraction of sp³-hybridized carbons (Fsp3) is 0.308. The average molecular weight is 321 g/mol. The number of rotatable bonds is 3. The van der Waals surface area contributed by atoms with E-state index in [2.05, 4.69) is 15.5 Å². The standard InChI is InChI=1S/C13H13ClN6O2/c14-10-1-2-11(12(7-10)20-8-15-16-17-20)13(22)19-5-3-18(9-21)4-6-19/h1-2,7-9H,3-6H2. The van der Waals surface area contributed by atoms with E-state index < -0.39 is 0 Å². The van der Waals surface area contributed by atoms with Gasteiger partial charge in [0.25, 0.3) is 5.91 Å². The fourth-order valence-corrected chi connectivity index (χ4v) is 2.51. The van der Waals surface area contributed by atoms with Crippen LogP contribution in [0.2, 0.25) is 5.02 Å². The number of benzene rings is 1. The minimum atomic E-state index is -0.132. The van der Waals surface area contributed by atoms with Gasteiger partial charge in [-0.25, -0.2) is 0 Å². The molecule has 1 aromatic carbocycles. The highest BCUT2D eigenvalue weighted by Crippen LogP contribution is 2.21. The van der Waals surface area contributed by atoms with Crippen molar-refractivity contribution in [2.75, 3.05) is 26.2 Å². The molecule has 1 aliphatic heterocycles. The Morgan fingerprint density at radius 1 is 1.23 bits per heavy atom. The number of amides is 2. The van der Waals surface area contributed by atoms with Crippen LogP contribution in [0.4, 0.5) is 0 Å². The number of tetrazole rings is 1. The first-order chi connectivity index (χ1) is 10.7. The number of carbonyl (C=O) groups is 2. The van der Waals surface area contributed by atoms with Crippen molar-refractivity contribution in [2.45, 2.75) is 0 Å². The summed E-state index contributed by atoms with van der Waals surface area (Å²) in [4.78, 5) is 26.8. The second-order valence-corrected chi connectivity index (χ2v) is 5.29. The maximum atomic E-state index is 12.7. The summed E-state index contributed by atoms with van der Waals surface area (Å²) in [5.74, 6) is -0.132. The quantitative estimate of drug-likeness (QED) is 0.756. The fourth-order valence-electron chi connectivity index (χ4n) is 2.35. The Bertz CT molecular complexity index is 682. The SMILES string of the molecule is O=CN1CCN(C(=O)c2ccc(Cl)cc2-n2cnnn2)CC1. The molecular weight excluding hydrogens is 308 g/mol. The summed E-state index contributed by atoms with van der Waals surface area (Å²) in [5.41, 5.74) is 0.997. The van der Waals surface area contributed by atoms with Gasteiger partial charge in [-0.15, -0.1) is 5.10 Å². The van der Waals surface area contributed by atoms with Crippen LogP contribution < -0.4 is 0 Å².